The van der Waals surface area contributed by atoms with E-state index in [9.17, 15) is 0 Å². The van der Waals surface area contributed by atoms with Gasteiger partial charge in [0.05, 0.1) is 0 Å². The van der Waals surface area contributed by atoms with Gasteiger partial charge in [-0.3, -0.25) is 0 Å². The second-order valence-corrected chi connectivity index (χ2v) is 0. The van der Waals surface area contributed by atoms with Crippen LogP contribution >= 0.6 is 0 Å². The zero-order valence-electron chi connectivity index (χ0n) is 5.93. The predicted octanol–water partition coefficient (Wildman–Crippen LogP) is -6.13. The van der Waals surface area contributed by atoms with Gasteiger partial charge < -0.3 is 19.3 Å². The maximum absolute atomic E-state index is 0. The summed E-state index contributed by atoms with van der Waals surface area (Å²) in [7, 11) is 0. The van der Waals surface area contributed by atoms with E-state index in [0.717, 1.165) is 0 Å². The Bertz CT molecular complexity index is 17.8. The van der Waals surface area contributed by atoms with Crippen LogP contribution in [-0.2, 0) is 50.6 Å². The van der Waals surface area contributed by atoms with E-state index >= 15 is 0 Å². The van der Waals surface area contributed by atoms with Gasteiger partial charge in [0.25, 0.3) is 0 Å². The van der Waals surface area contributed by atoms with Crippen LogP contribution in [0.3, 0.4) is 0 Å². The molecule has 0 saturated carbocycles. The van der Waals surface area contributed by atoms with Gasteiger partial charge in [0.1, 0.15) is 0 Å². The van der Waals surface area contributed by atoms with Gasteiger partial charge >= 0.3 is 137 Å². The van der Waals surface area contributed by atoms with Gasteiger partial charge in [-0.05, 0) is 0 Å². The summed E-state index contributed by atoms with van der Waals surface area (Å²) in [6, 6.07) is 0. The minimum atomic E-state index is 0. The van der Waals surface area contributed by atoms with Crippen molar-refractivity contribution in [2.45, 2.75) is 0 Å². The first kappa shape index (κ1) is 66.2. The molecule has 2 radical (unpaired) electrons. The molecule has 0 rings (SSSR count). The molecular formula is H2Fe2K2O3. The molecule has 3 nitrogen and oxygen atoms in total. The van der Waals surface area contributed by atoms with Crippen molar-refractivity contribution in [1.82, 2.24) is 0 Å². The molecule has 0 aromatic rings. The Balaban J connectivity index is 0. The summed E-state index contributed by atoms with van der Waals surface area (Å²) >= 11 is 0. The fourth-order valence-electron chi connectivity index (χ4n) is 0. The van der Waals surface area contributed by atoms with Crippen LogP contribution in [0.2, 0.25) is 0 Å². The molecule has 0 heterocycles. The van der Waals surface area contributed by atoms with Crippen molar-refractivity contribution in [3.8, 4) is 0 Å². The first-order valence-corrected chi connectivity index (χ1v) is 0. The van der Waals surface area contributed by atoms with E-state index in [1.165, 1.54) is 0 Å². The van der Waals surface area contributed by atoms with Gasteiger partial charge in [-0.2, -0.15) is 0 Å². The maximum atomic E-state index is 0. The van der Waals surface area contributed by atoms with Crippen LogP contribution in [0, 0.1) is 0 Å². The van der Waals surface area contributed by atoms with Crippen LogP contribution in [0.15, 0.2) is 0 Å². The third-order valence-electron chi connectivity index (χ3n) is 0. The molecule has 0 aliphatic rings. The van der Waals surface area contributed by atoms with Gasteiger partial charge in [0.15, 0.2) is 0 Å². The predicted molar refractivity (Wildman–Crippen MR) is 4.28 cm³/mol. The quantitative estimate of drug-likeness (QED) is 0.377. The molecule has 0 amide bonds. The largest absolute Gasteiger partial charge is 3.00 e. The van der Waals surface area contributed by atoms with Crippen LogP contribution in [0.5, 0.6) is 0 Å². The van der Waals surface area contributed by atoms with E-state index < -0.39 is 0 Å². The van der Waals surface area contributed by atoms with E-state index in [-0.39, 0.29) is 156 Å². The van der Waals surface area contributed by atoms with Crippen LogP contribution in [0.4, 0.5) is 0 Å². The van der Waals surface area contributed by atoms with Crippen molar-refractivity contribution in [2.75, 3.05) is 0 Å². The molecular weight excluding hydrogens is 238 g/mol. The van der Waals surface area contributed by atoms with E-state index in [0.29, 0.717) is 0 Å². The van der Waals surface area contributed by atoms with Crippen LogP contribution in [-0.4, -0.2) is 0 Å². The average Bonchev–Trinajstić information content (AvgIpc) is 0. The topological polar surface area (TPSA) is 85.5 Å². The summed E-state index contributed by atoms with van der Waals surface area (Å²) in [5.41, 5.74) is 0. The first-order chi connectivity index (χ1) is 0. The van der Waals surface area contributed by atoms with Gasteiger partial charge in [-0.1, -0.05) is 0 Å². The first-order valence-electron chi connectivity index (χ1n) is 0. The Hall–Kier alpha value is 4.19. The molecule has 0 bridgehead atoms. The third-order valence-corrected chi connectivity index (χ3v) is 0. The molecule has 7 heavy (non-hydrogen) atoms. The Morgan fingerprint density at radius 1 is 0.571 bits per heavy atom. The maximum Gasteiger partial charge on any atom is 3.00 e. The van der Waals surface area contributed by atoms with Crippen molar-refractivity contribution in [1.29, 1.82) is 0 Å². The van der Waals surface area contributed by atoms with Crippen molar-refractivity contribution < 1.29 is 156 Å². The molecule has 0 spiro atoms. The smallest absolute Gasteiger partial charge is 2.00 e. The fourth-order valence-corrected chi connectivity index (χ4v) is 0. The van der Waals surface area contributed by atoms with Crippen molar-refractivity contribution >= 4 is 0 Å². The van der Waals surface area contributed by atoms with E-state index in [2.05, 4.69) is 0 Å². The molecule has 0 fully saturated rings. The summed E-state index contributed by atoms with van der Waals surface area (Å²) in [5, 5.41) is 0. The van der Waals surface area contributed by atoms with Gasteiger partial charge in [-0.15, -0.1) is 0 Å². The Kier molecular flexibility index (Phi) is 463. The zero-order chi connectivity index (χ0) is 0. The molecule has 0 unspecified atom stereocenters. The van der Waals surface area contributed by atoms with Gasteiger partial charge in [-0.25, -0.2) is 0 Å². The summed E-state index contributed by atoms with van der Waals surface area (Å²) in [6.07, 6.45) is 0. The molecule has 38 valence electrons. The summed E-state index contributed by atoms with van der Waals surface area (Å²) in [4.78, 5) is 0. The molecule has 0 aliphatic carbocycles. The minimum Gasteiger partial charge on any atom is -2.00 e. The van der Waals surface area contributed by atoms with Crippen molar-refractivity contribution in [3.05, 3.63) is 0 Å². The second kappa shape index (κ2) is 49.0. The van der Waals surface area contributed by atoms with Crippen LogP contribution in [0.1, 0.15) is 2.85 Å². The summed E-state index contributed by atoms with van der Waals surface area (Å²) in [5.74, 6) is 0. The van der Waals surface area contributed by atoms with Gasteiger partial charge in [0, 0.05) is 0 Å². The third kappa shape index (κ3) is 38.9. The number of rotatable bonds is 0. The van der Waals surface area contributed by atoms with Crippen molar-refractivity contribution in [3.63, 3.8) is 0 Å². The Morgan fingerprint density at radius 2 is 0.571 bits per heavy atom. The molecule has 0 atom stereocenters. The number of hydrogen-bond acceptors (Lipinski definition) is 0. The molecule has 0 aromatic carbocycles. The minimum absolute atomic E-state index is 0. The molecule has 0 saturated heterocycles. The monoisotopic (exact) mass is 240 g/mol. The van der Waals surface area contributed by atoms with Crippen LogP contribution in [0.25, 0.3) is 0 Å². The average molecular weight is 240 g/mol. The van der Waals surface area contributed by atoms with Crippen LogP contribution < -0.4 is 103 Å². The number of hydrogen-bond donors (Lipinski definition) is 0. The SMILES string of the molecule is [Fe+3].[Fe+3].[H-].[H-].[K+].[K+].[O-2].[O-2].[O-2]. The molecule has 0 N–H and O–H groups in total. The standard InChI is InChI=1S/2Fe.2K.3O.2H/q2*+3;2*+1;3*-2;2*-1. The molecule has 7 heteroatoms. The van der Waals surface area contributed by atoms with Gasteiger partial charge in [0.2, 0.25) is 0 Å². The zero-order valence-corrected chi connectivity index (χ0v) is 12.4. The molecule has 0 aromatic heterocycles. The Labute approximate surface area is 152 Å². The summed E-state index contributed by atoms with van der Waals surface area (Å²) in [6.45, 7) is 0. The van der Waals surface area contributed by atoms with Crippen molar-refractivity contribution in [2.24, 2.45) is 0 Å². The van der Waals surface area contributed by atoms with E-state index in [1.54, 1.807) is 0 Å². The van der Waals surface area contributed by atoms with E-state index in [1.807, 2.05) is 0 Å². The van der Waals surface area contributed by atoms with E-state index in [4.69, 9.17) is 0 Å². The molecule has 0 aliphatic heterocycles. The second-order valence-electron chi connectivity index (χ2n) is 0. The normalized spacial score (nSPS) is 0. The fraction of sp³-hybridized carbons (Fsp3) is 0. The Morgan fingerprint density at radius 3 is 0.571 bits per heavy atom. The summed E-state index contributed by atoms with van der Waals surface area (Å²) < 4.78 is 0.